The Morgan fingerprint density at radius 1 is 1.55 bits per heavy atom. The fraction of sp³-hybridized carbons (Fsp3) is 1.00. The molecule has 4 rings (SSSR count). The van der Waals surface area contributed by atoms with Gasteiger partial charge in [-0.3, -0.25) is 0 Å². The molecule has 0 radical (unpaired) electrons. The smallest absolute Gasteiger partial charge is 0.212 e. The van der Waals surface area contributed by atoms with E-state index in [0.717, 1.165) is 19.3 Å². The normalized spacial score (nSPS) is 62.8. The van der Waals surface area contributed by atoms with Crippen molar-refractivity contribution in [2.45, 2.75) is 43.0 Å². The van der Waals surface area contributed by atoms with Gasteiger partial charge in [-0.25, -0.2) is 8.42 Å². The van der Waals surface area contributed by atoms with Gasteiger partial charge in [-0.1, -0.05) is 0 Å². The van der Waals surface area contributed by atoms with Crippen molar-refractivity contribution in [3.8, 4) is 0 Å². The first-order valence-corrected chi connectivity index (χ1v) is 5.60. The molecular formula is C7H11NO2S. The molecule has 0 aromatic carbocycles. The molecule has 3 aliphatic heterocycles. The van der Waals surface area contributed by atoms with Gasteiger partial charge in [0.25, 0.3) is 0 Å². The van der Waals surface area contributed by atoms with Gasteiger partial charge in [-0.15, -0.1) is 0 Å². The van der Waals surface area contributed by atoms with Crippen LogP contribution in [0.25, 0.3) is 0 Å². The Kier molecular flexibility index (Phi) is 0.804. The highest BCUT2D eigenvalue weighted by molar-refractivity contribution is 7.90. The first-order chi connectivity index (χ1) is 5.07. The second kappa shape index (κ2) is 1.38. The number of sulfonamides is 1. The molecule has 4 fully saturated rings. The molecule has 0 aromatic rings. The van der Waals surface area contributed by atoms with E-state index in [9.17, 15) is 8.42 Å². The van der Waals surface area contributed by atoms with E-state index in [1.165, 1.54) is 0 Å². The van der Waals surface area contributed by atoms with Crippen LogP contribution >= 0.6 is 0 Å². The minimum atomic E-state index is -2.82. The molecule has 11 heavy (non-hydrogen) atoms. The summed E-state index contributed by atoms with van der Waals surface area (Å²) in [6.45, 7) is 2.07. The van der Waals surface area contributed by atoms with E-state index in [0.29, 0.717) is 6.04 Å². The van der Waals surface area contributed by atoms with Crippen LogP contribution in [0.1, 0.15) is 26.2 Å². The summed E-state index contributed by atoms with van der Waals surface area (Å²) in [6, 6.07) is 0.381. The summed E-state index contributed by atoms with van der Waals surface area (Å²) in [5.74, 6) is 0. The first kappa shape index (κ1) is 6.43. The van der Waals surface area contributed by atoms with Gasteiger partial charge < -0.3 is 0 Å². The van der Waals surface area contributed by atoms with Crippen LogP contribution in [0.3, 0.4) is 0 Å². The lowest BCUT2D eigenvalue weighted by Gasteiger charge is -2.26. The van der Waals surface area contributed by atoms with Crippen LogP contribution in [0.5, 0.6) is 0 Å². The molecule has 3 saturated heterocycles. The van der Waals surface area contributed by atoms with Crippen LogP contribution in [-0.4, -0.2) is 29.6 Å². The SMILES string of the molecule is C[C@@]12CC[C@H]3C[C@@H]1N2S3(=O)=O. The lowest BCUT2D eigenvalue weighted by Crippen LogP contribution is -2.37. The molecule has 62 valence electrons. The molecule has 4 atom stereocenters. The van der Waals surface area contributed by atoms with E-state index in [4.69, 9.17) is 0 Å². The molecule has 0 aromatic heterocycles. The van der Waals surface area contributed by atoms with E-state index in [-0.39, 0.29) is 10.8 Å². The molecule has 0 amide bonds. The van der Waals surface area contributed by atoms with Gasteiger partial charge in [0.05, 0.1) is 10.8 Å². The number of fused-ring (bicyclic) bond motifs is 1. The summed E-state index contributed by atoms with van der Waals surface area (Å²) in [6.07, 6.45) is 2.88. The molecule has 4 bridgehead atoms. The highest BCUT2D eigenvalue weighted by atomic mass is 32.2. The summed E-state index contributed by atoms with van der Waals surface area (Å²) in [4.78, 5) is 0. The Labute approximate surface area is 66.4 Å². The largest absolute Gasteiger partial charge is 0.217 e. The zero-order valence-electron chi connectivity index (χ0n) is 6.45. The maximum atomic E-state index is 11.5. The zero-order valence-corrected chi connectivity index (χ0v) is 7.26. The molecule has 0 spiro atoms. The summed E-state index contributed by atoms with van der Waals surface area (Å²) >= 11 is 0. The summed E-state index contributed by atoms with van der Waals surface area (Å²) in [5.41, 5.74) is 0.0492. The van der Waals surface area contributed by atoms with Gasteiger partial charge in [0.1, 0.15) is 0 Å². The standard InChI is InChI=1S/C7H11NO2S/c1-7-3-2-5-4-6(7)8(7)11(5,9)10/h5-6H,2-4H2,1H3/t5-,6-,7+,8?/m0/s1. The van der Waals surface area contributed by atoms with Gasteiger partial charge in [0.15, 0.2) is 0 Å². The third kappa shape index (κ3) is 0.481. The van der Waals surface area contributed by atoms with Gasteiger partial charge in [0.2, 0.25) is 10.0 Å². The number of hydrogen-bond donors (Lipinski definition) is 0. The van der Waals surface area contributed by atoms with Crippen molar-refractivity contribution in [1.29, 1.82) is 0 Å². The molecule has 3 nitrogen and oxygen atoms in total. The molecular weight excluding hydrogens is 162 g/mol. The molecule has 1 aliphatic carbocycles. The van der Waals surface area contributed by atoms with Gasteiger partial charge in [-0.05, 0) is 26.2 Å². The quantitative estimate of drug-likeness (QED) is 0.495. The highest BCUT2D eigenvalue weighted by Crippen LogP contribution is 2.60. The molecule has 1 unspecified atom stereocenters. The van der Waals surface area contributed by atoms with Crippen molar-refractivity contribution in [1.82, 2.24) is 4.31 Å². The molecule has 3 heterocycles. The lowest BCUT2D eigenvalue weighted by molar-refractivity contribution is 0.417. The maximum Gasteiger partial charge on any atom is 0.217 e. The summed E-state index contributed by atoms with van der Waals surface area (Å²) < 4.78 is 24.8. The Morgan fingerprint density at radius 3 is 2.64 bits per heavy atom. The van der Waals surface area contributed by atoms with E-state index in [2.05, 4.69) is 6.92 Å². The van der Waals surface area contributed by atoms with E-state index in [1.54, 1.807) is 4.31 Å². The second-order valence-electron chi connectivity index (χ2n) is 4.11. The summed E-state index contributed by atoms with van der Waals surface area (Å²) in [7, 11) is -2.82. The average Bonchev–Trinajstić information content (AvgIpc) is 2.43. The Hall–Kier alpha value is -0.0900. The average molecular weight is 173 g/mol. The molecule has 0 N–H and O–H groups in total. The van der Waals surface area contributed by atoms with Crippen LogP contribution < -0.4 is 0 Å². The predicted molar refractivity (Wildman–Crippen MR) is 40.6 cm³/mol. The minimum absolute atomic E-state index is 0.0191. The Bertz CT molecular complexity index is 323. The van der Waals surface area contributed by atoms with Crippen LogP contribution in [0.2, 0.25) is 0 Å². The van der Waals surface area contributed by atoms with Crippen molar-refractivity contribution in [2.24, 2.45) is 0 Å². The van der Waals surface area contributed by atoms with Crippen LogP contribution in [-0.2, 0) is 10.0 Å². The van der Waals surface area contributed by atoms with Crippen molar-refractivity contribution >= 4 is 10.0 Å². The van der Waals surface area contributed by atoms with E-state index < -0.39 is 10.0 Å². The topological polar surface area (TPSA) is 37.1 Å². The van der Waals surface area contributed by atoms with Crippen molar-refractivity contribution in [2.75, 3.05) is 0 Å². The highest BCUT2D eigenvalue weighted by Gasteiger charge is 2.74. The fourth-order valence-electron chi connectivity index (χ4n) is 2.82. The van der Waals surface area contributed by atoms with Crippen LogP contribution in [0.15, 0.2) is 0 Å². The van der Waals surface area contributed by atoms with Crippen molar-refractivity contribution < 1.29 is 8.42 Å². The second-order valence-corrected chi connectivity index (χ2v) is 6.20. The van der Waals surface area contributed by atoms with E-state index in [1.807, 2.05) is 0 Å². The van der Waals surface area contributed by atoms with Gasteiger partial charge >= 0.3 is 0 Å². The third-order valence-corrected chi connectivity index (χ3v) is 6.08. The number of hydrogen-bond acceptors (Lipinski definition) is 2. The molecule has 4 aliphatic rings. The number of nitrogens with zero attached hydrogens (tertiary/aromatic N) is 1. The molecule has 4 heteroatoms. The van der Waals surface area contributed by atoms with Gasteiger partial charge in [0, 0.05) is 6.04 Å². The monoisotopic (exact) mass is 173 g/mol. The third-order valence-electron chi connectivity index (χ3n) is 3.59. The van der Waals surface area contributed by atoms with Crippen molar-refractivity contribution in [3.63, 3.8) is 0 Å². The van der Waals surface area contributed by atoms with Crippen LogP contribution in [0, 0.1) is 0 Å². The molecule has 1 saturated carbocycles. The minimum Gasteiger partial charge on any atom is -0.212 e. The maximum absolute atomic E-state index is 11.5. The zero-order chi connectivity index (χ0) is 7.85. The lowest BCUT2D eigenvalue weighted by atomic mass is 9.90. The Morgan fingerprint density at radius 2 is 2.27 bits per heavy atom. The number of rotatable bonds is 0. The van der Waals surface area contributed by atoms with Crippen LogP contribution in [0.4, 0.5) is 0 Å². The first-order valence-electron chi connectivity index (χ1n) is 4.10. The Balaban J connectivity index is 2.19. The predicted octanol–water partition coefficient (Wildman–Crippen LogP) is 0.325. The van der Waals surface area contributed by atoms with Gasteiger partial charge in [-0.2, -0.15) is 4.31 Å². The fourth-order valence-corrected chi connectivity index (χ4v) is 5.39. The van der Waals surface area contributed by atoms with E-state index >= 15 is 0 Å². The summed E-state index contributed by atoms with van der Waals surface area (Å²) in [5, 5.41) is -0.0191. The van der Waals surface area contributed by atoms with Crippen molar-refractivity contribution in [3.05, 3.63) is 0 Å².